The van der Waals surface area contributed by atoms with Crippen molar-refractivity contribution in [1.29, 1.82) is 0 Å². The number of hydrogen-bond donors (Lipinski definition) is 1. The highest BCUT2D eigenvalue weighted by atomic mass is 16.7. The number of esters is 1. The second kappa shape index (κ2) is 7.27. The van der Waals surface area contributed by atoms with Crippen molar-refractivity contribution in [2.24, 2.45) is 11.8 Å². The monoisotopic (exact) mass is 340 g/mol. The van der Waals surface area contributed by atoms with Crippen LogP contribution in [0.1, 0.15) is 39.0 Å². The van der Waals surface area contributed by atoms with Gasteiger partial charge in [0, 0.05) is 32.5 Å². The molecule has 7 heteroatoms. The van der Waals surface area contributed by atoms with E-state index in [2.05, 4.69) is 5.32 Å². The first-order valence-electron chi connectivity index (χ1n) is 8.95. The highest BCUT2D eigenvalue weighted by molar-refractivity contribution is 5.78. The van der Waals surface area contributed by atoms with Crippen molar-refractivity contribution in [2.75, 3.05) is 33.4 Å². The highest BCUT2D eigenvalue weighted by Gasteiger charge is 2.42. The van der Waals surface area contributed by atoms with Crippen LogP contribution in [0.2, 0.25) is 0 Å². The number of rotatable bonds is 3. The van der Waals surface area contributed by atoms with Gasteiger partial charge in [0.05, 0.1) is 19.6 Å². The fraction of sp³-hybridized carbons (Fsp3) is 0.882. The fourth-order valence-electron chi connectivity index (χ4n) is 3.97. The third kappa shape index (κ3) is 3.67. The van der Waals surface area contributed by atoms with E-state index < -0.39 is 5.79 Å². The molecule has 1 aliphatic carbocycles. The molecule has 0 aromatic heterocycles. The molecule has 2 saturated heterocycles. The van der Waals surface area contributed by atoms with Gasteiger partial charge in [0.15, 0.2) is 5.79 Å². The Morgan fingerprint density at radius 1 is 1.25 bits per heavy atom. The van der Waals surface area contributed by atoms with Crippen LogP contribution in [0.25, 0.3) is 0 Å². The van der Waals surface area contributed by atoms with E-state index in [-0.39, 0.29) is 29.9 Å². The minimum absolute atomic E-state index is 0.0940. The Morgan fingerprint density at radius 3 is 2.71 bits per heavy atom. The Bertz CT molecular complexity index is 478. The average Bonchev–Trinajstić information content (AvgIpc) is 3.17. The molecule has 3 fully saturated rings. The Kier molecular flexibility index (Phi) is 5.30. The number of likely N-dealkylation sites (tertiary alicyclic amines) is 1. The molecule has 1 unspecified atom stereocenters. The molecular formula is C17H28N2O5. The van der Waals surface area contributed by atoms with Crippen molar-refractivity contribution in [2.45, 2.75) is 50.9 Å². The maximum Gasteiger partial charge on any atom is 0.317 e. The summed E-state index contributed by atoms with van der Waals surface area (Å²) in [7, 11) is 1.39. The van der Waals surface area contributed by atoms with Crippen molar-refractivity contribution in [1.82, 2.24) is 10.2 Å². The van der Waals surface area contributed by atoms with E-state index in [4.69, 9.17) is 14.2 Å². The SMILES string of the molecule is COC(=O)[C@@H]1CN(C(=O)NCC2COC3(CCCCC3)O2)C[C@H]1C. The molecule has 2 aliphatic heterocycles. The lowest BCUT2D eigenvalue weighted by atomic mass is 9.94. The molecular weight excluding hydrogens is 312 g/mol. The molecule has 2 heterocycles. The van der Waals surface area contributed by atoms with Crippen LogP contribution < -0.4 is 5.32 Å². The van der Waals surface area contributed by atoms with Crippen LogP contribution in [-0.2, 0) is 19.0 Å². The number of nitrogens with one attached hydrogen (secondary N) is 1. The minimum atomic E-state index is -0.411. The fourth-order valence-corrected chi connectivity index (χ4v) is 3.97. The molecule has 7 nitrogen and oxygen atoms in total. The number of amides is 2. The maximum absolute atomic E-state index is 12.3. The molecule has 1 spiro atoms. The summed E-state index contributed by atoms with van der Waals surface area (Å²) >= 11 is 0. The molecule has 3 rings (SSSR count). The zero-order valence-electron chi connectivity index (χ0n) is 14.6. The number of ether oxygens (including phenoxy) is 3. The average molecular weight is 340 g/mol. The van der Waals surface area contributed by atoms with Crippen molar-refractivity contribution in [3.63, 3.8) is 0 Å². The van der Waals surface area contributed by atoms with E-state index in [1.165, 1.54) is 13.5 Å². The first-order valence-corrected chi connectivity index (χ1v) is 8.95. The molecule has 0 aromatic rings. The third-order valence-electron chi connectivity index (χ3n) is 5.41. The molecule has 24 heavy (non-hydrogen) atoms. The van der Waals surface area contributed by atoms with Gasteiger partial charge in [-0.05, 0) is 18.8 Å². The van der Waals surface area contributed by atoms with Gasteiger partial charge in [-0.3, -0.25) is 4.79 Å². The molecule has 3 aliphatic rings. The lowest BCUT2D eigenvalue weighted by molar-refractivity contribution is -0.186. The number of hydrogen-bond acceptors (Lipinski definition) is 5. The van der Waals surface area contributed by atoms with E-state index >= 15 is 0 Å². The molecule has 0 bridgehead atoms. The van der Waals surface area contributed by atoms with E-state index in [1.807, 2.05) is 6.92 Å². The van der Waals surface area contributed by atoms with Crippen LogP contribution in [0.5, 0.6) is 0 Å². The van der Waals surface area contributed by atoms with Gasteiger partial charge in [-0.1, -0.05) is 13.3 Å². The Morgan fingerprint density at radius 2 is 2.00 bits per heavy atom. The van der Waals surface area contributed by atoms with Gasteiger partial charge in [0.25, 0.3) is 0 Å². The van der Waals surface area contributed by atoms with E-state index in [1.54, 1.807) is 4.90 Å². The predicted octanol–water partition coefficient (Wildman–Crippen LogP) is 1.51. The smallest absolute Gasteiger partial charge is 0.317 e. The maximum atomic E-state index is 12.3. The molecule has 3 atom stereocenters. The minimum Gasteiger partial charge on any atom is -0.469 e. The van der Waals surface area contributed by atoms with Crippen LogP contribution >= 0.6 is 0 Å². The summed E-state index contributed by atoms with van der Waals surface area (Å²) in [5, 5.41) is 2.92. The second-order valence-corrected chi connectivity index (χ2v) is 7.22. The summed E-state index contributed by atoms with van der Waals surface area (Å²) in [5.74, 6) is -0.784. The summed E-state index contributed by atoms with van der Waals surface area (Å²) in [6.07, 6.45) is 5.32. The first kappa shape index (κ1) is 17.5. The molecule has 136 valence electrons. The van der Waals surface area contributed by atoms with Crippen molar-refractivity contribution in [3.8, 4) is 0 Å². The van der Waals surface area contributed by atoms with Gasteiger partial charge in [0.2, 0.25) is 0 Å². The van der Waals surface area contributed by atoms with Gasteiger partial charge < -0.3 is 24.4 Å². The van der Waals surface area contributed by atoms with Gasteiger partial charge in [-0.25, -0.2) is 4.79 Å². The van der Waals surface area contributed by atoms with Crippen molar-refractivity contribution < 1.29 is 23.8 Å². The van der Waals surface area contributed by atoms with Crippen LogP contribution in [0.3, 0.4) is 0 Å². The first-order chi connectivity index (χ1) is 11.5. The van der Waals surface area contributed by atoms with Gasteiger partial charge in [-0.15, -0.1) is 0 Å². The molecule has 0 aromatic carbocycles. The number of nitrogens with zero attached hydrogens (tertiary/aromatic N) is 1. The zero-order valence-corrected chi connectivity index (χ0v) is 14.6. The van der Waals surface area contributed by atoms with Gasteiger partial charge in [0.1, 0.15) is 6.10 Å². The standard InChI is InChI=1S/C17H28N2O5/c1-12-9-19(10-14(12)15(20)22-2)16(21)18-8-13-11-23-17(24-13)6-4-3-5-7-17/h12-14H,3-11H2,1-2H3,(H,18,21)/t12-,13?,14-/m1/s1. The zero-order chi connectivity index (χ0) is 17.2. The number of carbonyl (C=O) groups is 2. The van der Waals surface area contributed by atoms with Crippen LogP contribution in [0.15, 0.2) is 0 Å². The molecule has 2 amide bonds. The molecule has 1 saturated carbocycles. The van der Waals surface area contributed by atoms with E-state index in [0.717, 1.165) is 25.7 Å². The quantitative estimate of drug-likeness (QED) is 0.788. The summed E-state index contributed by atoms with van der Waals surface area (Å²) in [5.41, 5.74) is 0. The van der Waals surface area contributed by atoms with Crippen LogP contribution in [-0.4, -0.2) is 62.1 Å². The lowest BCUT2D eigenvalue weighted by Gasteiger charge is -2.31. The Hall–Kier alpha value is -1.34. The summed E-state index contributed by atoms with van der Waals surface area (Å²) < 4.78 is 16.8. The normalized spacial score (nSPS) is 32.1. The van der Waals surface area contributed by atoms with Crippen molar-refractivity contribution in [3.05, 3.63) is 0 Å². The van der Waals surface area contributed by atoms with Gasteiger partial charge in [-0.2, -0.15) is 0 Å². The summed E-state index contributed by atoms with van der Waals surface area (Å²) in [6.45, 7) is 3.91. The molecule has 0 radical (unpaired) electrons. The van der Waals surface area contributed by atoms with Crippen molar-refractivity contribution >= 4 is 12.0 Å². The molecule has 1 N–H and O–H groups in total. The van der Waals surface area contributed by atoms with E-state index in [0.29, 0.717) is 26.2 Å². The second-order valence-electron chi connectivity index (χ2n) is 7.22. The Labute approximate surface area is 143 Å². The van der Waals surface area contributed by atoms with Crippen LogP contribution in [0.4, 0.5) is 4.79 Å². The van der Waals surface area contributed by atoms with Gasteiger partial charge >= 0.3 is 12.0 Å². The van der Waals surface area contributed by atoms with E-state index in [9.17, 15) is 9.59 Å². The number of carbonyl (C=O) groups excluding carboxylic acids is 2. The summed E-state index contributed by atoms with van der Waals surface area (Å²) in [4.78, 5) is 25.7. The number of urea groups is 1. The third-order valence-corrected chi connectivity index (χ3v) is 5.41. The van der Waals surface area contributed by atoms with Crippen LogP contribution in [0, 0.1) is 11.8 Å². The predicted molar refractivity (Wildman–Crippen MR) is 86.3 cm³/mol. The lowest BCUT2D eigenvalue weighted by Crippen LogP contribution is -2.43. The Balaban J connectivity index is 1.44. The topological polar surface area (TPSA) is 77.1 Å². The summed E-state index contributed by atoms with van der Waals surface area (Å²) in [6, 6.07) is -0.151. The largest absolute Gasteiger partial charge is 0.469 e. The highest BCUT2D eigenvalue weighted by Crippen LogP contribution is 2.37. The number of methoxy groups -OCH3 is 1.